The summed E-state index contributed by atoms with van der Waals surface area (Å²) in [7, 11) is 0. The van der Waals surface area contributed by atoms with Crippen molar-refractivity contribution in [3.8, 4) is 6.07 Å². The zero-order chi connectivity index (χ0) is 13.7. The van der Waals surface area contributed by atoms with Crippen LogP contribution in [-0.2, 0) is 4.79 Å². The summed E-state index contributed by atoms with van der Waals surface area (Å²) in [5.41, 5.74) is 2.48. The van der Waals surface area contributed by atoms with E-state index in [0.29, 0.717) is 11.6 Å². The molecule has 1 aliphatic carbocycles. The summed E-state index contributed by atoms with van der Waals surface area (Å²) in [6.45, 7) is 2.21. The minimum atomic E-state index is 0.0219. The van der Waals surface area contributed by atoms with E-state index >= 15 is 0 Å². The van der Waals surface area contributed by atoms with Gasteiger partial charge in [-0.25, -0.2) is 0 Å². The predicted molar refractivity (Wildman–Crippen MR) is 74.8 cm³/mol. The Morgan fingerprint density at radius 1 is 1.42 bits per heavy atom. The molecule has 0 unspecified atom stereocenters. The highest BCUT2D eigenvalue weighted by atomic mass is 16.1. The summed E-state index contributed by atoms with van der Waals surface area (Å²) >= 11 is 0. The lowest BCUT2D eigenvalue weighted by molar-refractivity contribution is -0.120. The van der Waals surface area contributed by atoms with Gasteiger partial charge in [0.1, 0.15) is 0 Å². The van der Waals surface area contributed by atoms with E-state index in [1.807, 2.05) is 13.0 Å². The first-order valence-corrected chi connectivity index (χ1v) is 6.73. The maximum Gasteiger partial charge on any atom is 0.239 e. The number of aryl methyl sites for hydroxylation is 1. The minimum absolute atomic E-state index is 0.0219. The number of nitrogens with one attached hydrogen (secondary N) is 2. The number of hydrogen-bond acceptors (Lipinski definition) is 3. The number of nitriles is 1. The molecule has 0 spiro atoms. The smallest absolute Gasteiger partial charge is 0.239 e. The summed E-state index contributed by atoms with van der Waals surface area (Å²) in [6.07, 6.45) is 4.60. The second-order valence-corrected chi connectivity index (χ2v) is 5.04. The maximum absolute atomic E-state index is 11.8. The van der Waals surface area contributed by atoms with Gasteiger partial charge >= 0.3 is 0 Å². The number of benzene rings is 1. The van der Waals surface area contributed by atoms with Crippen LogP contribution in [0.3, 0.4) is 0 Å². The second-order valence-electron chi connectivity index (χ2n) is 5.04. The Kier molecular flexibility index (Phi) is 4.40. The van der Waals surface area contributed by atoms with Crippen LogP contribution >= 0.6 is 0 Å². The molecule has 1 aromatic rings. The molecule has 4 nitrogen and oxygen atoms in total. The minimum Gasteiger partial charge on any atom is -0.376 e. The van der Waals surface area contributed by atoms with Crippen molar-refractivity contribution in [1.82, 2.24) is 5.32 Å². The van der Waals surface area contributed by atoms with Gasteiger partial charge in [0, 0.05) is 11.7 Å². The van der Waals surface area contributed by atoms with E-state index in [9.17, 15) is 4.79 Å². The standard InChI is InChI=1S/C15H19N3O/c1-11-6-7-12(9-16)8-14(11)17-10-15(19)18-13-4-2-3-5-13/h6-8,13,17H,2-5,10H2,1H3,(H,18,19). The molecule has 0 aliphatic heterocycles. The van der Waals surface area contributed by atoms with Gasteiger partial charge in [-0.1, -0.05) is 18.9 Å². The highest BCUT2D eigenvalue weighted by Crippen LogP contribution is 2.18. The van der Waals surface area contributed by atoms with Crippen LogP contribution in [0.25, 0.3) is 0 Å². The van der Waals surface area contributed by atoms with Gasteiger partial charge in [-0.3, -0.25) is 4.79 Å². The summed E-state index contributed by atoms with van der Waals surface area (Å²) in [6, 6.07) is 7.89. The molecule has 1 aromatic carbocycles. The molecule has 2 N–H and O–H groups in total. The van der Waals surface area contributed by atoms with Crippen molar-refractivity contribution in [3.63, 3.8) is 0 Å². The van der Waals surface area contributed by atoms with Crippen LogP contribution in [0.15, 0.2) is 18.2 Å². The fourth-order valence-electron chi connectivity index (χ4n) is 2.41. The summed E-state index contributed by atoms with van der Waals surface area (Å²) in [5, 5.41) is 15.0. The molecular weight excluding hydrogens is 238 g/mol. The average molecular weight is 257 g/mol. The zero-order valence-electron chi connectivity index (χ0n) is 11.2. The molecule has 0 heterocycles. The fourth-order valence-corrected chi connectivity index (χ4v) is 2.41. The van der Waals surface area contributed by atoms with E-state index in [1.165, 1.54) is 12.8 Å². The first-order chi connectivity index (χ1) is 9.19. The van der Waals surface area contributed by atoms with E-state index in [2.05, 4.69) is 16.7 Å². The monoisotopic (exact) mass is 257 g/mol. The van der Waals surface area contributed by atoms with E-state index in [1.54, 1.807) is 12.1 Å². The highest BCUT2D eigenvalue weighted by molar-refractivity contribution is 5.81. The molecule has 0 bridgehead atoms. The number of carbonyl (C=O) groups is 1. The molecule has 0 aromatic heterocycles. The Balaban J connectivity index is 1.87. The number of carbonyl (C=O) groups excluding carboxylic acids is 1. The third kappa shape index (κ3) is 3.72. The Hall–Kier alpha value is -2.02. The third-order valence-electron chi connectivity index (χ3n) is 3.53. The normalized spacial score (nSPS) is 14.9. The summed E-state index contributed by atoms with van der Waals surface area (Å²) in [4.78, 5) is 11.8. The van der Waals surface area contributed by atoms with Gasteiger partial charge in [-0.15, -0.1) is 0 Å². The molecule has 1 aliphatic rings. The Morgan fingerprint density at radius 3 is 2.84 bits per heavy atom. The number of amides is 1. The lowest BCUT2D eigenvalue weighted by Gasteiger charge is -2.14. The molecule has 100 valence electrons. The van der Waals surface area contributed by atoms with Crippen LogP contribution in [0.1, 0.15) is 36.8 Å². The molecule has 1 fully saturated rings. The lowest BCUT2D eigenvalue weighted by atomic mass is 10.1. The predicted octanol–water partition coefficient (Wildman–Crippen LogP) is 2.34. The number of anilines is 1. The van der Waals surface area contributed by atoms with E-state index < -0.39 is 0 Å². The number of nitrogens with zero attached hydrogens (tertiary/aromatic N) is 1. The van der Waals surface area contributed by atoms with E-state index in [4.69, 9.17) is 5.26 Å². The largest absolute Gasteiger partial charge is 0.376 e. The lowest BCUT2D eigenvalue weighted by Crippen LogP contribution is -2.36. The van der Waals surface area contributed by atoms with Gasteiger partial charge in [0.15, 0.2) is 0 Å². The molecule has 0 saturated heterocycles. The van der Waals surface area contributed by atoms with Crippen LogP contribution in [-0.4, -0.2) is 18.5 Å². The van der Waals surface area contributed by atoms with Crippen LogP contribution < -0.4 is 10.6 Å². The number of rotatable bonds is 4. The second kappa shape index (κ2) is 6.24. The van der Waals surface area contributed by atoms with E-state index in [0.717, 1.165) is 24.1 Å². The number of hydrogen-bond donors (Lipinski definition) is 2. The Morgan fingerprint density at radius 2 is 2.16 bits per heavy atom. The maximum atomic E-state index is 11.8. The van der Waals surface area contributed by atoms with Crippen molar-refractivity contribution in [3.05, 3.63) is 29.3 Å². The van der Waals surface area contributed by atoms with Crippen LogP contribution in [0.5, 0.6) is 0 Å². The third-order valence-corrected chi connectivity index (χ3v) is 3.53. The van der Waals surface area contributed by atoms with Crippen LogP contribution in [0.4, 0.5) is 5.69 Å². The van der Waals surface area contributed by atoms with Crippen molar-refractivity contribution < 1.29 is 4.79 Å². The fraction of sp³-hybridized carbons (Fsp3) is 0.467. The van der Waals surface area contributed by atoms with E-state index in [-0.39, 0.29) is 12.5 Å². The van der Waals surface area contributed by atoms with Gasteiger partial charge in [0.05, 0.1) is 18.2 Å². The van der Waals surface area contributed by atoms with Crippen molar-refractivity contribution in [2.75, 3.05) is 11.9 Å². The van der Waals surface area contributed by atoms with Gasteiger partial charge in [-0.05, 0) is 37.5 Å². The van der Waals surface area contributed by atoms with Crippen molar-refractivity contribution in [2.24, 2.45) is 0 Å². The van der Waals surface area contributed by atoms with Gasteiger partial charge in [0.2, 0.25) is 5.91 Å². The molecule has 1 amide bonds. The molecule has 0 radical (unpaired) electrons. The van der Waals surface area contributed by atoms with Gasteiger partial charge < -0.3 is 10.6 Å². The SMILES string of the molecule is Cc1ccc(C#N)cc1NCC(=O)NC1CCCC1. The van der Waals surface area contributed by atoms with Crippen molar-refractivity contribution in [1.29, 1.82) is 5.26 Å². The van der Waals surface area contributed by atoms with Crippen LogP contribution in [0.2, 0.25) is 0 Å². The molecule has 2 rings (SSSR count). The molecule has 4 heteroatoms. The highest BCUT2D eigenvalue weighted by Gasteiger charge is 2.16. The summed E-state index contributed by atoms with van der Waals surface area (Å²) in [5.74, 6) is 0.0219. The quantitative estimate of drug-likeness (QED) is 0.870. The molecule has 1 saturated carbocycles. The zero-order valence-corrected chi connectivity index (χ0v) is 11.2. The van der Waals surface area contributed by atoms with Gasteiger partial charge in [0.25, 0.3) is 0 Å². The first kappa shape index (κ1) is 13.4. The van der Waals surface area contributed by atoms with Crippen molar-refractivity contribution >= 4 is 11.6 Å². The Labute approximate surface area is 113 Å². The molecular formula is C15H19N3O. The van der Waals surface area contributed by atoms with Gasteiger partial charge in [-0.2, -0.15) is 5.26 Å². The van der Waals surface area contributed by atoms with Crippen molar-refractivity contribution in [2.45, 2.75) is 38.6 Å². The Bertz CT molecular complexity index is 499. The topological polar surface area (TPSA) is 64.9 Å². The molecule has 19 heavy (non-hydrogen) atoms. The van der Waals surface area contributed by atoms with Crippen LogP contribution in [0, 0.1) is 18.3 Å². The summed E-state index contributed by atoms with van der Waals surface area (Å²) < 4.78 is 0. The molecule has 0 atom stereocenters. The average Bonchev–Trinajstić information content (AvgIpc) is 2.90. The first-order valence-electron chi connectivity index (χ1n) is 6.73.